The number of hydrogen-bond donors (Lipinski definition) is 0. The largest absolute Gasteiger partial charge is 0.494 e. The van der Waals surface area contributed by atoms with E-state index in [4.69, 9.17) is 4.74 Å². The molecule has 3 heteroatoms. The van der Waals surface area contributed by atoms with Crippen molar-refractivity contribution in [3.05, 3.63) is 35.4 Å². The normalized spacial score (nSPS) is 18.5. The Morgan fingerprint density at radius 1 is 1.25 bits per heavy atom. The molecule has 1 aliphatic heterocycles. The van der Waals surface area contributed by atoms with Gasteiger partial charge in [0.15, 0.2) is 5.78 Å². The molecule has 0 N–H and O–H groups in total. The number of hydrogen-bond acceptors (Lipinski definition) is 3. The van der Waals surface area contributed by atoms with Crippen molar-refractivity contribution in [2.24, 2.45) is 0 Å². The molecule has 0 atom stereocenters. The van der Waals surface area contributed by atoms with Gasteiger partial charge >= 0.3 is 0 Å². The highest BCUT2D eigenvalue weighted by Crippen LogP contribution is 2.18. The Hall–Kier alpha value is -1.61. The molecule has 0 amide bonds. The lowest BCUT2D eigenvalue weighted by molar-refractivity contribution is -0.117. The van der Waals surface area contributed by atoms with Crippen molar-refractivity contribution in [2.75, 3.05) is 26.2 Å². The van der Waals surface area contributed by atoms with Crippen LogP contribution in [0.2, 0.25) is 0 Å². The van der Waals surface area contributed by atoms with Crippen LogP contribution in [0, 0.1) is 0 Å². The van der Waals surface area contributed by atoms with Crippen LogP contribution in [0.25, 0.3) is 6.08 Å². The number of carbonyl (C=O) groups excluding carboxylic acids is 1. The van der Waals surface area contributed by atoms with E-state index in [1.165, 1.54) is 0 Å². The van der Waals surface area contributed by atoms with Gasteiger partial charge < -0.3 is 4.74 Å². The Labute approximate surface area is 121 Å². The molecule has 3 nitrogen and oxygen atoms in total. The van der Waals surface area contributed by atoms with E-state index in [1.807, 2.05) is 30.3 Å². The average Bonchev–Trinajstić information content (AvgIpc) is 2.49. The van der Waals surface area contributed by atoms with Gasteiger partial charge in [-0.2, -0.15) is 0 Å². The van der Waals surface area contributed by atoms with Gasteiger partial charge in [0.05, 0.1) is 6.61 Å². The second kappa shape index (κ2) is 7.25. The van der Waals surface area contributed by atoms with Crippen molar-refractivity contribution in [3.8, 4) is 5.75 Å². The summed E-state index contributed by atoms with van der Waals surface area (Å²) in [6, 6.07) is 7.95. The van der Waals surface area contributed by atoms with Gasteiger partial charge in [-0.15, -0.1) is 0 Å². The standard InChI is InChI=1S/C17H23NO2/c1-3-11-20-16-7-5-14(6-8-16)12-15-13-18(4-2)10-9-17(15)19/h5-8,12H,3-4,9-11,13H2,1-2H3/b15-12+. The molecule has 0 bridgehead atoms. The summed E-state index contributed by atoms with van der Waals surface area (Å²) in [4.78, 5) is 14.2. The molecule has 1 aliphatic rings. The summed E-state index contributed by atoms with van der Waals surface area (Å²) in [6.45, 7) is 7.61. The highest BCUT2D eigenvalue weighted by atomic mass is 16.5. The SMILES string of the molecule is CCCOc1ccc(/C=C2\CN(CC)CCC2=O)cc1. The van der Waals surface area contributed by atoms with Crippen LogP contribution in [0.5, 0.6) is 5.75 Å². The van der Waals surface area contributed by atoms with E-state index in [0.717, 1.165) is 49.5 Å². The molecule has 1 aromatic carbocycles. The quantitative estimate of drug-likeness (QED) is 0.772. The molecule has 0 saturated carbocycles. The predicted octanol–water partition coefficient (Wildman–Crippen LogP) is 3.15. The fraction of sp³-hybridized carbons (Fsp3) is 0.471. The van der Waals surface area contributed by atoms with E-state index in [9.17, 15) is 4.79 Å². The first-order valence-electron chi connectivity index (χ1n) is 7.42. The molecule has 1 saturated heterocycles. The van der Waals surface area contributed by atoms with Gasteiger partial charge in [-0.05, 0) is 36.7 Å². The number of benzene rings is 1. The van der Waals surface area contributed by atoms with Crippen LogP contribution >= 0.6 is 0 Å². The number of ketones is 1. The molecule has 0 aromatic heterocycles. The molecule has 0 radical (unpaired) electrons. The van der Waals surface area contributed by atoms with Crippen LogP contribution in [-0.2, 0) is 4.79 Å². The number of ether oxygens (including phenoxy) is 1. The summed E-state index contributed by atoms with van der Waals surface area (Å²) in [5.41, 5.74) is 1.98. The maximum atomic E-state index is 11.9. The molecule has 1 heterocycles. The minimum atomic E-state index is 0.279. The van der Waals surface area contributed by atoms with Crippen LogP contribution < -0.4 is 4.74 Å². The molecule has 1 fully saturated rings. The van der Waals surface area contributed by atoms with Crippen molar-refractivity contribution in [2.45, 2.75) is 26.7 Å². The summed E-state index contributed by atoms with van der Waals surface area (Å²) >= 11 is 0. The number of rotatable bonds is 5. The molecule has 0 spiro atoms. The average molecular weight is 273 g/mol. The maximum Gasteiger partial charge on any atom is 0.161 e. The summed E-state index contributed by atoms with van der Waals surface area (Å²) in [5.74, 6) is 1.17. The van der Waals surface area contributed by atoms with Crippen molar-refractivity contribution in [1.29, 1.82) is 0 Å². The summed E-state index contributed by atoms with van der Waals surface area (Å²) in [7, 11) is 0. The van der Waals surface area contributed by atoms with Gasteiger partial charge in [0, 0.05) is 25.1 Å². The number of nitrogens with zero attached hydrogens (tertiary/aromatic N) is 1. The van der Waals surface area contributed by atoms with Gasteiger partial charge in [-0.25, -0.2) is 0 Å². The lowest BCUT2D eigenvalue weighted by Gasteiger charge is -2.26. The Morgan fingerprint density at radius 2 is 2.00 bits per heavy atom. The van der Waals surface area contributed by atoms with Crippen molar-refractivity contribution >= 4 is 11.9 Å². The van der Waals surface area contributed by atoms with Crippen molar-refractivity contribution < 1.29 is 9.53 Å². The monoisotopic (exact) mass is 273 g/mol. The molecule has 0 unspecified atom stereocenters. The highest BCUT2D eigenvalue weighted by molar-refractivity contribution is 6.00. The Kier molecular flexibility index (Phi) is 5.36. The zero-order chi connectivity index (χ0) is 14.4. The number of carbonyl (C=O) groups is 1. The molecule has 20 heavy (non-hydrogen) atoms. The van der Waals surface area contributed by atoms with Crippen molar-refractivity contribution in [3.63, 3.8) is 0 Å². The Morgan fingerprint density at radius 3 is 2.65 bits per heavy atom. The van der Waals surface area contributed by atoms with Crippen LogP contribution in [0.4, 0.5) is 0 Å². The van der Waals surface area contributed by atoms with Gasteiger partial charge in [-0.1, -0.05) is 26.0 Å². The number of likely N-dealkylation sites (tertiary alicyclic amines) is 1. The smallest absolute Gasteiger partial charge is 0.161 e. The minimum Gasteiger partial charge on any atom is -0.494 e. The van der Waals surface area contributed by atoms with E-state index in [1.54, 1.807) is 0 Å². The van der Waals surface area contributed by atoms with Crippen LogP contribution in [-0.4, -0.2) is 36.9 Å². The van der Waals surface area contributed by atoms with Gasteiger partial charge in [0.25, 0.3) is 0 Å². The summed E-state index contributed by atoms with van der Waals surface area (Å²) in [5, 5.41) is 0. The fourth-order valence-corrected chi connectivity index (χ4v) is 2.31. The fourth-order valence-electron chi connectivity index (χ4n) is 2.31. The third-order valence-corrected chi connectivity index (χ3v) is 3.55. The van der Waals surface area contributed by atoms with Gasteiger partial charge in [0.2, 0.25) is 0 Å². The molecule has 1 aromatic rings. The lowest BCUT2D eigenvalue weighted by atomic mass is 10.0. The first kappa shape index (κ1) is 14.8. The number of piperidine rings is 1. The number of likely N-dealkylation sites (N-methyl/N-ethyl adjacent to an activating group) is 1. The van der Waals surface area contributed by atoms with E-state index in [-0.39, 0.29) is 5.78 Å². The minimum absolute atomic E-state index is 0.279. The molecular formula is C17H23NO2. The molecule has 0 aliphatic carbocycles. The highest BCUT2D eigenvalue weighted by Gasteiger charge is 2.19. The lowest BCUT2D eigenvalue weighted by Crippen LogP contribution is -2.35. The Bertz CT molecular complexity index is 476. The Balaban J connectivity index is 2.06. The van der Waals surface area contributed by atoms with Crippen LogP contribution in [0.1, 0.15) is 32.3 Å². The second-order valence-corrected chi connectivity index (χ2v) is 5.13. The van der Waals surface area contributed by atoms with E-state index < -0.39 is 0 Å². The third-order valence-electron chi connectivity index (χ3n) is 3.55. The zero-order valence-electron chi connectivity index (χ0n) is 12.4. The van der Waals surface area contributed by atoms with Crippen LogP contribution in [0.15, 0.2) is 29.8 Å². The number of Topliss-reactive ketones (excluding diaryl/α,β-unsaturated/α-hetero) is 1. The third kappa shape index (κ3) is 3.94. The zero-order valence-corrected chi connectivity index (χ0v) is 12.4. The summed E-state index contributed by atoms with van der Waals surface area (Å²) < 4.78 is 5.56. The summed E-state index contributed by atoms with van der Waals surface area (Å²) in [6.07, 6.45) is 3.65. The molecule has 2 rings (SSSR count). The van der Waals surface area contributed by atoms with Gasteiger partial charge in [-0.3, -0.25) is 9.69 Å². The molecular weight excluding hydrogens is 250 g/mol. The van der Waals surface area contributed by atoms with E-state index in [2.05, 4.69) is 18.7 Å². The van der Waals surface area contributed by atoms with Gasteiger partial charge in [0.1, 0.15) is 5.75 Å². The molecule has 108 valence electrons. The first-order chi connectivity index (χ1) is 9.72. The van der Waals surface area contributed by atoms with E-state index in [0.29, 0.717) is 6.42 Å². The van der Waals surface area contributed by atoms with E-state index >= 15 is 0 Å². The first-order valence-corrected chi connectivity index (χ1v) is 7.42. The second-order valence-electron chi connectivity index (χ2n) is 5.13. The topological polar surface area (TPSA) is 29.5 Å². The maximum absolute atomic E-state index is 11.9. The van der Waals surface area contributed by atoms with Crippen LogP contribution in [0.3, 0.4) is 0 Å². The van der Waals surface area contributed by atoms with Crippen molar-refractivity contribution in [1.82, 2.24) is 4.90 Å². The predicted molar refractivity (Wildman–Crippen MR) is 81.9 cm³/mol.